The average Bonchev–Trinajstić information content (AvgIpc) is 2.65. The second-order valence-electron chi connectivity index (χ2n) is 5.19. The Morgan fingerprint density at radius 3 is 2.50 bits per heavy atom. The second kappa shape index (κ2) is 6.04. The number of rotatable bonds is 6. The van der Waals surface area contributed by atoms with Crippen LogP contribution in [0.15, 0.2) is 12.5 Å². The van der Waals surface area contributed by atoms with E-state index in [9.17, 15) is 0 Å². The quantitative estimate of drug-likeness (QED) is 0.804. The molecule has 0 bridgehead atoms. The van der Waals surface area contributed by atoms with E-state index in [2.05, 4.69) is 30.3 Å². The molecule has 0 spiro atoms. The summed E-state index contributed by atoms with van der Waals surface area (Å²) in [4.78, 5) is 4.19. The highest BCUT2D eigenvalue weighted by Gasteiger charge is 2.12. The SMILES string of the molecule is CC(C)CCCC(C)n1cncc1C(C)N. The van der Waals surface area contributed by atoms with E-state index in [0.717, 1.165) is 11.6 Å². The minimum Gasteiger partial charge on any atom is -0.330 e. The van der Waals surface area contributed by atoms with Crippen molar-refractivity contribution in [1.29, 1.82) is 0 Å². The molecule has 1 aromatic rings. The monoisotopic (exact) mass is 223 g/mol. The van der Waals surface area contributed by atoms with Gasteiger partial charge in [-0.05, 0) is 26.2 Å². The Balaban J connectivity index is 2.52. The van der Waals surface area contributed by atoms with Gasteiger partial charge >= 0.3 is 0 Å². The van der Waals surface area contributed by atoms with Crippen molar-refractivity contribution in [3.05, 3.63) is 18.2 Å². The van der Waals surface area contributed by atoms with Crippen molar-refractivity contribution in [3.63, 3.8) is 0 Å². The van der Waals surface area contributed by atoms with Crippen LogP contribution in [0.2, 0.25) is 0 Å². The maximum Gasteiger partial charge on any atom is 0.0951 e. The van der Waals surface area contributed by atoms with Crippen LogP contribution in [0.4, 0.5) is 0 Å². The van der Waals surface area contributed by atoms with Gasteiger partial charge in [0, 0.05) is 18.3 Å². The van der Waals surface area contributed by atoms with Crippen molar-refractivity contribution < 1.29 is 0 Å². The molecule has 3 nitrogen and oxygen atoms in total. The van der Waals surface area contributed by atoms with Gasteiger partial charge in [0.1, 0.15) is 0 Å². The summed E-state index contributed by atoms with van der Waals surface area (Å²) in [5, 5.41) is 0. The molecule has 0 saturated carbocycles. The third kappa shape index (κ3) is 3.63. The third-order valence-corrected chi connectivity index (χ3v) is 3.04. The van der Waals surface area contributed by atoms with Gasteiger partial charge in [-0.1, -0.05) is 26.7 Å². The Kier molecular flexibility index (Phi) is 5.00. The lowest BCUT2D eigenvalue weighted by Gasteiger charge is -2.18. The number of aromatic nitrogens is 2. The topological polar surface area (TPSA) is 43.8 Å². The van der Waals surface area contributed by atoms with Crippen molar-refractivity contribution in [3.8, 4) is 0 Å². The lowest BCUT2D eigenvalue weighted by atomic mass is 10.0. The summed E-state index contributed by atoms with van der Waals surface area (Å²) in [6, 6.07) is 0.567. The second-order valence-corrected chi connectivity index (χ2v) is 5.19. The van der Waals surface area contributed by atoms with Crippen LogP contribution in [0, 0.1) is 5.92 Å². The molecule has 0 aliphatic carbocycles. The molecule has 0 radical (unpaired) electrons. The van der Waals surface area contributed by atoms with Gasteiger partial charge in [-0.25, -0.2) is 4.98 Å². The lowest BCUT2D eigenvalue weighted by molar-refractivity contribution is 0.433. The van der Waals surface area contributed by atoms with E-state index < -0.39 is 0 Å². The van der Waals surface area contributed by atoms with Gasteiger partial charge in [0.2, 0.25) is 0 Å². The van der Waals surface area contributed by atoms with Crippen molar-refractivity contribution >= 4 is 0 Å². The zero-order valence-corrected chi connectivity index (χ0v) is 11.0. The van der Waals surface area contributed by atoms with E-state index in [-0.39, 0.29) is 6.04 Å². The Morgan fingerprint density at radius 1 is 1.25 bits per heavy atom. The normalized spacial score (nSPS) is 15.4. The number of imidazole rings is 1. The van der Waals surface area contributed by atoms with E-state index in [1.807, 2.05) is 19.4 Å². The molecule has 1 rings (SSSR count). The van der Waals surface area contributed by atoms with Crippen LogP contribution >= 0.6 is 0 Å². The zero-order valence-electron chi connectivity index (χ0n) is 11.0. The molecule has 3 heteroatoms. The molecule has 0 amide bonds. The standard InChI is InChI=1S/C13H25N3/c1-10(2)6-5-7-11(3)16-9-15-8-13(16)12(4)14/h8-12H,5-7,14H2,1-4H3. The van der Waals surface area contributed by atoms with Gasteiger partial charge in [0.05, 0.1) is 12.0 Å². The van der Waals surface area contributed by atoms with Crippen molar-refractivity contribution in [1.82, 2.24) is 9.55 Å². The molecule has 0 aliphatic heterocycles. The van der Waals surface area contributed by atoms with Crippen molar-refractivity contribution in [2.24, 2.45) is 11.7 Å². The highest BCUT2D eigenvalue weighted by atomic mass is 15.1. The third-order valence-electron chi connectivity index (χ3n) is 3.04. The van der Waals surface area contributed by atoms with E-state index in [0.29, 0.717) is 6.04 Å². The van der Waals surface area contributed by atoms with E-state index in [4.69, 9.17) is 5.73 Å². The molecule has 16 heavy (non-hydrogen) atoms. The molecular weight excluding hydrogens is 198 g/mol. The Morgan fingerprint density at radius 2 is 1.94 bits per heavy atom. The number of nitrogens with two attached hydrogens (primary N) is 1. The molecule has 0 aromatic carbocycles. The predicted molar refractivity (Wildman–Crippen MR) is 68.2 cm³/mol. The summed E-state index contributed by atoms with van der Waals surface area (Å²) in [5.74, 6) is 0.794. The fraction of sp³-hybridized carbons (Fsp3) is 0.769. The van der Waals surface area contributed by atoms with Gasteiger partial charge in [-0.15, -0.1) is 0 Å². The molecule has 0 saturated heterocycles. The highest BCUT2D eigenvalue weighted by Crippen LogP contribution is 2.20. The van der Waals surface area contributed by atoms with E-state index >= 15 is 0 Å². The van der Waals surface area contributed by atoms with Crippen LogP contribution in [0.3, 0.4) is 0 Å². The molecule has 0 fully saturated rings. The van der Waals surface area contributed by atoms with Gasteiger partial charge in [-0.3, -0.25) is 0 Å². The first kappa shape index (κ1) is 13.2. The van der Waals surface area contributed by atoms with Crippen LogP contribution in [-0.4, -0.2) is 9.55 Å². The van der Waals surface area contributed by atoms with E-state index in [1.54, 1.807) is 0 Å². The summed E-state index contributed by atoms with van der Waals surface area (Å²) in [7, 11) is 0. The highest BCUT2D eigenvalue weighted by molar-refractivity contribution is 5.04. The van der Waals surface area contributed by atoms with Gasteiger partial charge in [0.15, 0.2) is 0 Å². The van der Waals surface area contributed by atoms with Crippen LogP contribution < -0.4 is 5.73 Å². The summed E-state index contributed by atoms with van der Waals surface area (Å²) in [6.45, 7) is 8.80. The average molecular weight is 223 g/mol. The maximum atomic E-state index is 5.91. The fourth-order valence-electron chi connectivity index (χ4n) is 2.00. The largest absolute Gasteiger partial charge is 0.330 e. The summed E-state index contributed by atoms with van der Waals surface area (Å²) >= 11 is 0. The molecule has 1 aromatic heterocycles. The molecule has 2 unspecified atom stereocenters. The first-order valence-electron chi connectivity index (χ1n) is 6.29. The molecule has 2 N–H and O–H groups in total. The molecule has 92 valence electrons. The number of hydrogen-bond donors (Lipinski definition) is 1. The minimum atomic E-state index is 0.0649. The van der Waals surface area contributed by atoms with Gasteiger partial charge in [-0.2, -0.15) is 0 Å². The smallest absolute Gasteiger partial charge is 0.0951 e. The van der Waals surface area contributed by atoms with Crippen LogP contribution in [-0.2, 0) is 0 Å². The molecule has 0 aliphatic rings. The molecule has 2 atom stereocenters. The Labute approximate surface area is 99.1 Å². The minimum absolute atomic E-state index is 0.0649. The molecular formula is C13H25N3. The summed E-state index contributed by atoms with van der Waals surface area (Å²) in [6.07, 6.45) is 7.55. The summed E-state index contributed by atoms with van der Waals surface area (Å²) < 4.78 is 2.21. The zero-order chi connectivity index (χ0) is 12.1. The molecule has 1 heterocycles. The Hall–Kier alpha value is -0.830. The van der Waals surface area contributed by atoms with E-state index in [1.165, 1.54) is 19.3 Å². The van der Waals surface area contributed by atoms with Crippen molar-refractivity contribution in [2.45, 2.75) is 59.0 Å². The van der Waals surface area contributed by atoms with Crippen LogP contribution in [0.25, 0.3) is 0 Å². The van der Waals surface area contributed by atoms with Gasteiger partial charge in [0.25, 0.3) is 0 Å². The van der Waals surface area contributed by atoms with Crippen LogP contribution in [0.5, 0.6) is 0 Å². The predicted octanol–water partition coefficient (Wildman–Crippen LogP) is 3.29. The number of nitrogens with zero attached hydrogens (tertiary/aromatic N) is 2. The lowest BCUT2D eigenvalue weighted by Crippen LogP contribution is -2.14. The first-order chi connectivity index (χ1) is 7.52. The fourth-order valence-corrected chi connectivity index (χ4v) is 2.00. The van der Waals surface area contributed by atoms with Crippen molar-refractivity contribution in [2.75, 3.05) is 0 Å². The number of hydrogen-bond acceptors (Lipinski definition) is 2. The first-order valence-corrected chi connectivity index (χ1v) is 6.29. The maximum absolute atomic E-state index is 5.91. The van der Waals surface area contributed by atoms with Crippen LogP contribution in [0.1, 0.15) is 64.7 Å². The van der Waals surface area contributed by atoms with Gasteiger partial charge < -0.3 is 10.3 Å². The summed E-state index contributed by atoms with van der Waals surface area (Å²) in [5.41, 5.74) is 7.05. The Bertz CT molecular complexity index is 302.